The first-order chi connectivity index (χ1) is 10.5. The van der Waals surface area contributed by atoms with Crippen molar-refractivity contribution in [1.82, 2.24) is 10.2 Å². The van der Waals surface area contributed by atoms with Gasteiger partial charge in [0.05, 0.1) is 6.61 Å². The molecule has 22 heavy (non-hydrogen) atoms. The molecule has 2 rings (SSSR count). The fraction of sp³-hybridized carbons (Fsp3) is 0.611. The number of carbonyl (C=O) groups excluding carboxylic acids is 1. The van der Waals surface area contributed by atoms with Crippen molar-refractivity contribution in [2.75, 3.05) is 33.9 Å². The van der Waals surface area contributed by atoms with Crippen molar-refractivity contribution in [2.45, 2.75) is 32.7 Å². The van der Waals surface area contributed by atoms with E-state index in [0.717, 1.165) is 31.6 Å². The lowest BCUT2D eigenvalue weighted by Gasteiger charge is -2.25. The lowest BCUT2D eigenvalue weighted by molar-refractivity contribution is -0.126. The zero-order valence-electron chi connectivity index (χ0n) is 14.2. The largest absolute Gasteiger partial charge is 0.381 e. The normalized spacial score (nSPS) is 17.3. The van der Waals surface area contributed by atoms with E-state index in [1.54, 1.807) is 0 Å². The Kier molecular flexibility index (Phi) is 5.59. The van der Waals surface area contributed by atoms with Gasteiger partial charge in [-0.15, -0.1) is 0 Å². The van der Waals surface area contributed by atoms with Crippen LogP contribution in [0.4, 0.5) is 0 Å². The zero-order valence-corrected chi connectivity index (χ0v) is 14.2. The lowest BCUT2D eigenvalue weighted by atomic mass is 10.0. The van der Waals surface area contributed by atoms with Crippen LogP contribution in [0.15, 0.2) is 24.3 Å². The van der Waals surface area contributed by atoms with Gasteiger partial charge in [-0.25, -0.2) is 0 Å². The molecule has 0 unspecified atom stereocenters. The molecule has 1 saturated carbocycles. The Bertz CT molecular complexity index is 510. The van der Waals surface area contributed by atoms with Gasteiger partial charge in [0, 0.05) is 18.6 Å². The van der Waals surface area contributed by atoms with Crippen molar-refractivity contribution in [3.8, 4) is 0 Å². The van der Waals surface area contributed by atoms with Gasteiger partial charge in [0.2, 0.25) is 5.91 Å². The SMILES string of the molecule is CCOCC1(CNC(=O)[C@@H](c2cccc(C)c2)N(C)C)CC1. The second kappa shape index (κ2) is 7.25. The molecule has 1 fully saturated rings. The summed E-state index contributed by atoms with van der Waals surface area (Å²) >= 11 is 0. The van der Waals surface area contributed by atoms with Crippen LogP contribution in [0.2, 0.25) is 0 Å². The highest BCUT2D eigenvalue weighted by atomic mass is 16.5. The first-order valence-electron chi connectivity index (χ1n) is 8.06. The molecular weight excluding hydrogens is 276 g/mol. The molecular formula is C18H28N2O2. The van der Waals surface area contributed by atoms with Gasteiger partial charge < -0.3 is 10.1 Å². The van der Waals surface area contributed by atoms with Crippen molar-refractivity contribution in [1.29, 1.82) is 0 Å². The Morgan fingerprint density at radius 1 is 1.41 bits per heavy atom. The average molecular weight is 304 g/mol. The number of nitrogens with zero attached hydrogens (tertiary/aromatic N) is 1. The summed E-state index contributed by atoms with van der Waals surface area (Å²) in [7, 11) is 3.89. The van der Waals surface area contributed by atoms with Crippen LogP contribution in [0.3, 0.4) is 0 Å². The quantitative estimate of drug-likeness (QED) is 0.802. The number of benzene rings is 1. The monoisotopic (exact) mass is 304 g/mol. The molecule has 0 aromatic heterocycles. The number of likely N-dealkylation sites (N-methyl/N-ethyl adjacent to an activating group) is 1. The summed E-state index contributed by atoms with van der Waals surface area (Å²) in [5.41, 5.74) is 2.39. The van der Waals surface area contributed by atoms with E-state index < -0.39 is 0 Å². The van der Waals surface area contributed by atoms with Gasteiger partial charge in [0.1, 0.15) is 6.04 Å². The summed E-state index contributed by atoms with van der Waals surface area (Å²) < 4.78 is 5.54. The Morgan fingerprint density at radius 3 is 2.68 bits per heavy atom. The first-order valence-corrected chi connectivity index (χ1v) is 8.06. The summed E-state index contributed by atoms with van der Waals surface area (Å²) in [5.74, 6) is 0.0679. The third kappa shape index (κ3) is 4.31. The number of hydrogen-bond acceptors (Lipinski definition) is 3. The van der Waals surface area contributed by atoms with Crippen LogP contribution in [0.5, 0.6) is 0 Å². The second-order valence-corrected chi connectivity index (χ2v) is 6.64. The predicted molar refractivity (Wildman–Crippen MR) is 88.8 cm³/mol. The minimum Gasteiger partial charge on any atom is -0.381 e. The summed E-state index contributed by atoms with van der Waals surface area (Å²) in [5, 5.41) is 3.13. The summed E-state index contributed by atoms with van der Waals surface area (Å²) in [6.45, 7) is 6.26. The van der Waals surface area contributed by atoms with Gasteiger partial charge in [-0.1, -0.05) is 29.8 Å². The molecule has 0 bridgehead atoms. The Hall–Kier alpha value is -1.39. The lowest BCUT2D eigenvalue weighted by Crippen LogP contribution is -2.40. The van der Waals surface area contributed by atoms with E-state index in [4.69, 9.17) is 4.74 Å². The fourth-order valence-electron chi connectivity index (χ4n) is 2.76. The number of amides is 1. The Morgan fingerprint density at radius 2 is 2.14 bits per heavy atom. The standard InChI is InChI=1S/C18H28N2O2/c1-5-22-13-18(9-10-18)12-19-17(21)16(20(3)4)15-8-6-7-14(2)11-15/h6-8,11,16H,5,9-10,12-13H2,1-4H3,(H,19,21)/t16-/m1/s1. The van der Waals surface area contributed by atoms with Crippen LogP contribution in [0.1, 0.15) is 36.9 Å². The Balaban J connectivity index is 1.99. The highest BCUT2D eigenvalue weighted by Crippen LogP contribution is 2.45. The smallest absolute Gasteiger partial charge is 0.241 e. The van der Waals surface area contributed by atoms with Gasteiger partial charge in [-0.3, -0.25) is 9.69 Å². The molecule has 1 aliphatic carbocycles. The molecule has 0 heterocycles. The Labute approximate surface area is 133 Å². The summed E-state index contributed by atoms with van der Waals surface area (Å²) in [6, 6.07) is 7.91. The number of nitrogens with one attached hydrogen (secondary N) is 1. The van der Waals surface area contributed by atoms with E-state index in [1.165, 1.54) is 5.56 Å². The molecule has 1 N–H and O–H groups in total. The average Bonchev–Trinajstić information content (AvgIpc) is 3.23. The molecule has 0 radical (unpaired) electrons. The third-order valence-corrected chi connectivity index (χ3v) is 4.33. The number of hydrogen-bond donors (Lipinski definition) is 1. The topological polar surface area (TPSA) is 41.6 Å². The van der Waals surface area contributed by atoms with E-state index in [-0.39, 0.29) is 17.4 Å². The molecule has 1 aromatic carbocycles. The second-order valence-electron chi connectivity index (χ2n) is 6.64. The van der Waals surface area contributed by atoms with Crippen molar-refractivity contribution < 1.29 is 9.53 Å². The summed E-state index contributed by atoms with van der Waals surface area (Å²) in [4.78, 5) is 14.6. The third-order valence-electron chi connectivity index (χ3n) is 4.33. The van der Waals surface area contributed by atoms with Crippen LogP contribution < -0.4 is 5.32 Å². The van der Waals surface area contributed by atoms with Crippen LogP contribution in [-0.2, 0) is 9.53 Å². The minimum atomic E-state index is -0.247. The van der Waals surface area contributed by atoms with E-state index in [1.807, 2.05) is 38.1 Å². The molecule has 4 nitrogen and oxygen atoms in total. The van der Waals surface area contributed by atoms with Gasteiger partial charge in [-0.05, 0) is 46.3 Å². The number of carbonyl (C=O) groups is 1. The fourth-order valence-corrected chi connectivity index (χ4v) is 2.76. The first kappa shape index (κ1) is 17.0. The maximum Gasteiger partial charge on any atom is 0.241 e. The maximum atomic E-state index is 12.7. The highest BCUT2D eigenvalue weighted by Gasteiger charge is 2.43. The van der Waals surface area contributed by atoms with E-state index >= 15 is 0 Å². The van der Waals surface area contributed by atoms with Gasteiger partial charge in [-0.2, -0.15) is 0 Å². The molecule has 122 valence electrons. The summed E-state index contributed by atoms with van der Waals surface area (Å²) in [6.07, 6.45) is 2.29. The van der Waals surface area contributed by atoms with Crippen LogP contribution >= 0.6 is 0 Å². The number of aryl methyl sites for hydroxylation is 1. The van der Waals surface area contributed by atoms with Crippen molar-refractivity contribution >= 4 is 5.91 Å². The number of rotatable bonds is 8. The van der Waals surface area contributed by atoms with E-state index in [0.29, 0.717) is 6.54 Å². The van der Waals surface area contributed by atoms with E-state index in [2.05, 4.69) is 24.4 Å². The highest BCUT2D eigenvalue weighted by molar-refractivity contribution is 5.83. The van der Waals surface area contributed by atoms with Crippen LogP contribution in [-0.4, -0.2) is 44.7 Å². The molecule has 0 saturated heterocycles. The molecule has 1 amide bonds. The maximum absolute atomic E-state index is 12.7. The number of ether oxygens (including phenoxy) is 1. The van der Waals surface area contributed by atoms with Crippen molar-refractivity contribution in [3.63, 3.8) is 0 Å². The minimum absolute atomic E-state index is 0.0679. The predicted octanol–water partition coefficient (Wildman–Crippen LogP) is 2.53. The molecule has 4 heteroatoms. The van der Waals surface area contributed by atoms with Gasteiger partial charge >= 0.3 is 0 Å². The van der Waals surface area contributed by atoms with Gasteiger partial charge in [0.25, 0.3) is 0 Å². The van der Waals surface area contributed by atoms with Crippen molar-refractivity contribution in [3.05, 3.63) is 35.4 Å². The van der Waals surface area contributed by atoms with Gasteiger partial charge in [0.15, 0.2) is 0 Å². The molecule has 0 spiro atoms. The zero-order chi connectivity index (χ0) is 16.2. The molecule has 0 aliphatic heterocycles. The molecule has 1 aliphatic rings. The van der Waals surface area contributed by atoms with E-state index in [9.17, 15) is 4.79 Å². The van der Waals surface area contributed by atoms with Crippen molar-refractivity contribution in [2.24, 2.45) is 5.41 Å². The molecule has 1 aromatic rings. The molecule has 1 atom stereocenters. The van der Waals surface area contributed by atoms with Crippen LogP contribution in [0, 0.1) is 12.3 Å². The van der Waals surface area contributed by atoms with Crippen LogP contribution in [0.25, 0.3) is 0 Å².